The Hall–Kier alpha value is -1.42. The molecule has 0 unspecified atom stereocenters. The number of nitrogens with zero attached hydrogens (tertiary/aromatic N) is 2. The molecule has 4 heteroatoms. The molecule has 2 aromatic rings. The van der Waals surface area contributed by atoms with Crippen molar-refractivity contribution in [3.8, 4) is 11.4 Å². The fourth-order valence-corrected chi connectivity index (χ4v) is 2.27. The second-order valence-electron chi connectivity index (χ2n) is 4.69. The van der Waals surface area contributed by atoms with Gasteiger partial charge in [0.05, 0.1) is 0 Å². The maximum Gasteiger partial charge on any atom is 0.162 e. The lowest BCUT2D eigenvalue weighted by Gasteiger charge is -2.08. The molecule has 0 radical (unpaired) electrons. The lowest BCUT2D eigenvalue weighted by molar-refractivity contribution is 0.635. The average molecular weight is 306 g/mol. The molecule has 0 spiro atoms. The zero-order valence-electron chi connectivity index (χ0n) is 10.5. The van der Waals surface area contributed by atoms with Gasteiger partial charge in [-0.1, -0.05) is 48.0 Å². The van der Waals surface area contributed by atoms with Gasteiger partial charge in [0.2, 0.25) is 0 Å². The summed E-state index contributed by atoms with van der Waals surface area (Å²) in [7, 11) is 0. The van der Waals surface area contributed by atoms with Crippen LogP contribution in [0.4, 0.5) is 5.82 Å². The van der Waals surface area contributed by atoms with Gasteiger partial charge in [-0.05, 0) is 18.4 Å². The Morgan fingerprint density at radius 1 is 1.22 bits per heavy atom. The summed E-state index contributed by atoms with van der Waals surface area (Å²) in [5.41, 5.74) is 7.81. The molecular formula is C14H16BrN3. The molecule has 0 saturated heterocycles. The van der Waals surface area contributed by atoms with Crippen LogP contribution in [0.5, 0.6) is 0 Å². The number of hydrogen-bond acceptors (Lipinski definition) is 3. The zero-order chi connectivity index (χ0) is 13.1. The largest absolute Gasteiger partial charge is 0.384 e. The van der Waals surface area contributed by atoms with E-state index in [9.17, 15) is 0 Å². The molecule has 18 heavy (non-hydrogen) atoms. The number of halogens is 1. The summed E-state index contributed by atoms with van der Waals surface area (Å²) in [5.74, 6) is 1.75. The van der Waals surface area contributed by atoms with E-state index < -0.39 is 0 Å². The molecule has 1 heterocycles. The minimum absolute atomic E-state index is 0.520. The second kappa shape index (κ2) is 5.48. The van der Waals surface area contributed by atoms with E-state index in [1.54, 1.807) is 0 Å². The summed E-state index contributed by atoms with van der Waals surface area (Å²) in [6.07, 6.45) is 0.907. The second-order valence-corrected chi connectivity index (χ2v) is 5.54. The Morgan fingerprint density at radius 3 is 2.61 bits per heavy atom. The first-order valence-electron chi connectivity index (χ1n) is 5.94. The molecular weight excluding hydrogens is 290 g/mol. The topological polar surface area (TPSA) is 51.8 Å². The molecule has 1 aromatic carbocycles. The van der Waals surface area contributed by atoms with E-state index in [1.165, 1.54) is 0 Å². The highest BCUT2D eigenvalue weighted by atomic mass is 79.9. The van der Waals surface area contributed by atoms with E-state index in [-0.39, 0.29) is 0 Å². The number of hydrogen-bond donors (Lipinski definition) is 1. The predicted octanol–water partition coefficient (Wildman–Crippen LogP) is 3.69. The molecule has 0 amide bonds. The fourth-order valence-electron chi connectivity index (χ4n) is 1.80. The monoisotopic (exact) mass is 305 g/mol. The first kappa shape index (κ1) is 13.0. The average Bonchev–Trinajstić information content (AvgIpc) is 2.27. The van der Waals surface area contributed by atoms with E-state index >= 15 is 0 Å². The standard InChI is InChI=1S/C14H16BrN3/c1-9(2)7-10-8-13(16)18-14(17-10)11-5-3-4-6-12(11)15/h3-6,8-9H,7H2,1-2H3,(H2,16,17,18). The molecule has 0 aliphatic carbocycles. The Bertz CT molecular complexity index is 552. The molecule has 2 N–H and O–H groups in total. The number of rotatable bonds is 3. The number of aromatic nitrogens is 2. The van der Waals surface area contributed by atoms with E-state index in [1.807, 2.05) is 30.3 Å². The van der Waals surface area contributed by atoms with Crippen molar-refractivity contribution in [1.82, 2.24) is 9.97 Å². The van der Waals surface area contributed by atoms with Gasteiger partial charge in [-0.3, -0.25) is 0 Å². The number of nitrogens with two attached hydrogens (primary N) is 1. The van der Waals surface area contributed by atoms with Gasteiger partial charge in [-0.25, -0.2) is 9.97 Å². The third kappa shape index (κ3) is 3.07. The number of anilines is 1. The molecule has 0 fully saturated rings. The summed E-state index contributed by atoms with van der Waals surface area (Å²) in [4.78, 5) is 8.89. The Kier molecular flexibility index (Phi) is 3.97. The van der Waals surface area contributed by atoms with Gasteiger partial charge < -0.3 is 5.73 Å². The highest BCUT2D eigenvalue weighted by Crippen LogP contribution is 2.26. The highest BCUT2D eigenvalue weighted by Gasteiger charge is 2.09. The molecule has 0 aliphatic heterocycles. The fraction of sp³-hybridized carbons (Fsp3) is 0.286. The minimum atomic E-state index is 0.520. The van der Waals surface area contributed by atoms with Crippen LogP contribution in [0.3, 0.4) is 0 Å². The molecule has 0 atom stereocenters. The summed E-state index contributed by atoms with van der Waals surface area (Å²) < 4.78 is 0.978. The van der Waals surface area contributed by atoms with E-state index in [0.29, 0.717) is 17.6 Å². The quantitative estimate of drug-likeness (QED) is 0.941. The van der Waals surface area contributed by atoms with Gasteiger partial charge in [-0.15, -0.1) is 0 Å². The van der Waals surface area contributed by atoms with Crippen molar-refractivity contribution in [2.45, 2.75) is 20.3 Å². The van der Waals surface area contributed by atoms with Crippen LogP contribution in [0.25, 0.3) is 11.4 Å². The van der Waals surface area contributed by atoms with Gasteiger partial charge in [0, 0.05) is 21.8 Å². The first-order chi connectivity index (χ1) is 8.56. The van der Waals surface area contributed by atoms with Crippen molar-refractivity contribution >= 4 is 21.7 Å². The van der Waals surface area contributed by atoms with E-state index in [2.05, 4.69) is 39.7 Å². The van der Waals surface area contributed by atoms with Crippen molar-refractivity contribution < 1.29 is 0 Å². The molecule has 0 bridgehead atoms. The van der Waals surface area contributed by atoms with Crippen LogP contribution in [-0.2, 0) is 6.42 Å². The highest BCUT2D eigenvalue weighted by molar-refractivity contribution is 9.10. The van der Waals surface area contributed by atoms with Gasteiger partial charge in [0.15, 0.2) is 5.82 Å². The molecule has 94 valence electrons. The summed E-state index contributed by atoms with van der Waals surface area (Å²) in [6, 6.07) is 9.74. The lowest BCUT2D eigenvalue weighted by Crippen LogP contribution is -2.03. The van der Waals surface area contributed by atoms with Crippen LogP contribution in [-0.4, -0.2) is 9.97 Å². The van der Waals surface area contributed by atoms with Crippen molar-refractivity contribution in [3.63, 3.8) is 0 Å². The number of nitrogen functional groups attached to an aromatic ring is 1. The maximum atomic E-state index is 5.86. The maximum absolute atomic E-state index is 5.86. The van der Waals surface area contributed by atoms with Crippen LogP contribution in [0, 0.1) is 5.92 Å². The summed E-state index contributed by atoms with van der Waals surface area (Å²) in [5, 5.41) is 0. The molecule has 0 saturated carbocycles. The predicted molar refractivity (Wildman–Crippen MR) is 78.1 cm³/mol. The summed E-state index contributed by atoms with van der Waals surface area (Å²) >= 11 is 3.51. The van der Waals surface area contributed by atoms with Crippen LogP contribution >= 0.6 is 15.9 Å². The summed E-state index contributed by atoms with van der Waals surface area (Å²) in [6.45, 7) is 4.33. The molecule has 3 nitrogen and oxygen atoms in total. The van der Waals surface area contributed by atoms with Crippen molar-refractivity contribution in [2.24, 2.45) is 5.92 Å². The Labute approximate surface area is 116 Å². The smallest absolute Gasteiger partial charge is 0.162 e. The number of benzene rings is 1. The lowest BCUT2D eigenvalue weighted by atomic mass is 10.1. The van der Waals surface area contributed by atoms with E-state index in [0.717, 1.165) is 22.2 Å². The molecule has 1 aromatic heterocycles. The Balaban J connectivity index is 2.45. The van der Waals surface area contributed by atoms with Crippen molar-refractivity contribution in [2.75, 3.05) is 5.73 Å². The van der Waals surface area contributed by atoms with Gasteiger partial charge in [0.1, 0.15) is 5.82 Å². The van der Waals surface area contributed by atoms with Gasteiger partial charge >= 0.3 is 0 Å². The van der Waals surface area contributed by atoms with Crippen LogP contribution in [0.15, 0.2) is 34.8 Å². The van der Waals surface area contributed by atoms with E-state index in [4.69, 9.17) is 5.73 Å². The molecule has 0 aliphatic rings. The van der Waals surface area contributed by atoms with Gasteiger partial charge in [-0.2, -0.15) is 0 Å². The van der Waals surface area contributed by atoms with Crippen LogP contribution in [0.2, 0.25) is 0 Å². The van der Waals surface area contributed by atoms with Crippen LogP contribution < -0.4 is 5.73 Å². The third-order valence-electron chi connectivity index (χ3n) is 2.53. The Morgan fingerprint density at radius 2 is 1.94 bits per heavy atom. The van der Waals surface area contributed by atoms with Gasteiger partial charge in [0.25, 0.3) is 0 Å². The third-order valence-corrected chi connectivity index (χ3v) is 3.22. The molecule has 2 rings (SSSR count). The first-order valence-corrected chi connectivity index (χ1v) is 6.74. The normalized spacial score (nSPS) is 10.9. The van der Waals surface area contributed by atoms with Crippen molar-refractivity contribution in [1.29, 1.82) is 0 Å². The van der Waals surface area contributed by atoms with Crippen molar-refractivity contribution in [3.05, 3.63) is 40.5 Å². The van der Waals surface area contributed by atoms with Crippen LogP contribution in [0.1, 0.15) is 19.5 Å². The SMILES string of the molecule is CC(C)Cc1cc(N)nc(-c2ccccc2Br)n1. The zero-order valence-corrected chi connectivity index (χ0v) is 12.1. The minimum Gasteiger partial charge on any atom is -0.384 e.